The Morgan fingerprint density at radius 1 is 1.28 bits per heavy atom. The van der Waals surface area contributed by atoms with Gasteiger partial charge in [-0.3, -0.25) is 20.1 Å². The molecule has 7 nitrogen and oxygen atoms in total. The van der Waals surface area contributed by atoms with Crippen LogP contribution in [0, 0.1) is 5.41 Å². The number of pyridine rings is 1. The number of amides is 1. The van der Waals surface area contributed by atoms with Crippen molar-refractivity contribution in [2.45, 2.75) is 25.0 Å². The molecule has 3 aromatic heterocycles. The maximum Gasteiger partial charge on any atom is 0.239 e. The molecule has 1 aromatic carbocycles. The number of aliphatic hydroxyl groups excluding tert-OH is 1. The van der Waals surface area contributed by atoms with E-state index in [1.165, 1.54) is 16.2 Å². The Bertz CT molecular complexity index is 1340. The maximum absolute atomic E-state index is 13.4. The highest BCUT2D eigenvalue weighted by Crippen LogP contribution is 2.44. The molecule has 0 aliphatic carbocycles. The summed E-state index contributed by atoms with van der Waals surface area (Å²) in [4.78, 5) is 20.2. The molecule has 1 aliphatic rings. The predicted molar refractivity (Wildman–Crippen MR) is 123 cm³/mol. The highest BCUT2D eigenvalue weighted by molar-refractivity contribution is 7.10. The number of hydrogen-bond donors (Lipinski definition) is 3. The number of hydrogen-bond acceptors (Lipinski definition) is 6. The smallest absolute Gasteiger partial charge is 0.239 e. The molecule has 4 aromatic rings. The Morgan fingerprint density at radius 2 is 2.12 bits per heavy atom. The van der Waals surface area contributed by atoms with Crippen molar-refractivity contribution in [2.24, 2.45) is 0 Å². The van der Waals surface area contributed by atoms with Crippen LogP contribution in [0.25, 0.3) is 22.2 Å². The average molecular weight is 447 g/mol. The maximum atomic E-state index is 13.4. The van der Waals surface area contributed by atoms with Gasteiger partial charge in [-0.2, -0.15) is 0 Å². The van der Waals surface area contributed by atoms with E-state index in [0.29, 0.717) is 0 Å². The fraction of sp³-hybridized carbons (Fsp3) is 0.208. The van der Waals surface area contributed by atoms with Crippen molar-refractivity contribution in [1.82, 2.24) is 15.2 Å². The molecule has 1 aliphatic heterocycles. The topological polar surface area (TPSA) is 102 Å². The zero-order chi connectivity index (χ0) is 22.5. The van der Waals surface area contributed by atoms with Crippen LogP contribution in [0.15, 0.2) is 64.7 Å². The molecule has 0 spiro atoms. The first-order valence-corrected chi connectivity index (χ1v) is 11.1. The first-order chi connectivity index (χ1) is 15.4. The van der Waals surface area contributed by atoms with Gasteiger partial charge in [0.05, 0.1) is 30.0 Å². The molecular weight excluding hydrogens is 424 g/mol. The van der Waals surface area contributed by atoms with E-state index in [2.05, 4.69) is 10.3 Å². The van der Waals surface area contributed by atoms with Gasteiger partial charge >= 0.3 is 0 Å². The van der Waals surface area contributed by atoms with Crippen LogP contribution < -0.4 is 5.32 Å². The average Bonchev–Trinajstić information content (AvgIpc) is 3.47. The van der Waals surface area contributed by atoms with Gasteiger partial charge in [0.25, 0.3) is 0 Å². The van der Waals surface area contributed by atoms with Crippen molar-refractivity contribution >= 4 is 34.2 Å². The number of aromatic nitrogens is 1. The van der Waals surface area contributed by atoms with Crippen molar-refractivity contribution in [1.29, 1.82) is 5.41 Å². The summed E-state index contributed by atoms with van der Waals surface area (Å²) >= 11 is 1.52. The van der Waals surface area contributed by atoms with Gasteiger partial charge in [0.15, 0.2) is 5.96 Å². The largest absolute Gasteiger partial charge is 0.464 e. The third kappa shape index (κ3) is 3.19. The highest BCUT2D eigenvalue weighted by atomic mass is 32.1. The monoisotopic (exact) mass is 446 g/mol. The number of fused-ring (bicyclic) bond motifs is 1. The summed E-state index contributed by atoms with van der Waals surface area (Å²) in [6, 6.07) is 13.3. The summed E-state index contributed by atoms with van der Waals surface area (Å²) in [7, 11) is 1.62. The molecule has 3 N–H and O–H groups in total. The lowest BCUT2D eigenvalue weighted by atomic mass is 9.76. The van der Waals surface area contributed by atoms with E-state index in [-0.39, 0.29) is 18.5 Å². The standard InChI is InChI=1S/C24H22N4O3S/c1-24(20-11-17(13-32-20)18-9-14(12-29)5-7-26-18)21(22(30)28(2)23(25)27-24)16-3-4-19-15(10-16)6-8-31-19/h3-11,13,21,29H,12H2,1-2H3,(H2,25,27)/t21-,24-/m1/s1. The number of nitrogens with one attached hydrogen (secondary N) is 2. The Kier molecular flexibility index (Phi) is 4.83. The molecule has 5 rings (SSSR count). The fourth-order valence-corrected chi connectivity index (χ4v) is 5.32. The number of furan rings is 1. The molecule has 162 valence electrons. The Morgan fingerprint density at radius 3 is 2.94 bits per heavy atom. The van der Waals surface area contributed by atoms with E-state index < -0.39 is 11.5 Å². The van der Waals surface area contributed by atoms with Gasteiger partial charge in [0.2, 0.25) is 5.91 Å². The minimum Gasteiger partial charge on any atom is -0.464 e. The summed E-state index contributed by atoms with van der Waals surface area (Å²) in [6.07, 6.45) is 3.31. The van der Waals surface area contributed by atoms with E-state index in [0.717, 1.165) is 38.2 Å². The molecule has 1 fully saturated rings. The number of carbonyl (C=O) groups is 1. The second-order valence-electron chi connectivity index (χ2n) is 8.13. The van der Waals surface area contributed by atoms with E-state index in [1.807, 2.05) is 48.7 Å². The number of guanidine groups is 1. The van der Waals surface area contributed by atoms with E-state index >= 15 is 0 Å². The molecule has 1 saturated heterocycles. The van der Waals surface area contributed by atoms with Crippen LogP contribution in [-0.4, -0.2) is 33.9 Å². The first-order valence-electron chi connectivity index (χ1n) is 10.2. The fourth-order valence-electron chi connectivity index (χ4n) is 4.27. The van der Waals surface area contributed by atoms with Crippen molar-refractivity contribution in [3.63, 3.8) is 0 Å². The summed E-state index contributed by atoms with van der Waals surface area (Å²) in [5.74, 6) is -0.618. The van der Waals surface area contributed by atoms with Crippen LogP contribution in [0.4, 0.5) is 0 Å². The molecular formula is C24H22N4O3S. The van der Waals surface area contributed by atoms with Gasteiger partial charge in [0.1, 0.15) is 5.58 Å². The molecule has 1 amide bonds. The molecule has 0 radical (unpaired) electrons. The second-order valence-corrected chi connectivity index (χ2v) is 9.04. The third-order valence-electron chi connectivity index (χ3n) is 6.09. The summed E-state index contributed by atoms with van der Waals surface area (Å²) in [5, 5.41) is 24.0. The normalized spacial score (nSPS) is 21.2. The Hall–Kier alpha value is -3.49. The van der Waals surface area contributed by atoms with Crippen molar-refractivity contribution in [2.75, 3.05) is 7.05 Å². The molecule has 8 heteroatoms. The molecule has 0 bridgehead atoms. The van der Waals surface area contributed by atoms with E-state index in [9.17, 15) is 9.90 Å². The van der Waals surface area contributed by atoms with Gasteiger partial charge in [-0.25, -0.2) is 0 Å². The van der Waals surface area contributed by atoms with Crippen LogP contribution >= 0.6 is 11.3 Å². The van der Waals surface area contributed by atoms with E-state index in [1.54, 1.807) is 25.6 Å². The lowest BCUT2D eigenvalue weighted by molar-refractivity contribution is -0.131. The SMILES string of the molecule is CN1C(=N)N[C@](C)(c2cc(-c3cc(CO)ccn3)cs2)[C@H](c2ccc3occc3c2)C1=O. The number of benzene rings is 1. The van der Waals surface area contributed by atoms with Gasteiger partial charge in [0, 0.05) is 34.5 Å². The van der Waals surface area contributed by atoms with Crippen LogP contribution in [0.1, 0.15) is 28.8 Å². The number of aliphatic hydroxyl groups is 1. The Labute approximate surface area is 188 Å². The third-order valence-corrected chi connectivity index (χ3v) is 7.26. The second kappa shape index (κ2) is 7.58. The lowest BCUT2D eigenvalue weighted by Gasteiger charge is -2.45. The van der Waals surface area contributed by atoms with Crippen molar-refractivity contribution < 1.29 is 14.3 Å². The highest BCUT2D eigenvalue weighted by Gasteiger charge is 2.49. The van der Waals surface area contributed by atoms with Crippen LogP contribution in [0.2, 0.25) is 0 Å². The molecule has 0 unspecified atom stereocenters. The number of nitrogens with zero attached hydrogens (tertiary/aromatic N) is 2. The van der Waals surface area contributed by atoms with Crippen LogP contribution in [-0.2, 0) is 16.9 Å². The summed E-state index contributed by atoms with van der Waals surface area (Å²) in [6.45, 7) is 1.91. The molecule has 4 heterocycles. The number of likely N-dealkylation sites (N-methyl/N-ethyl adjacent to an activating group) is 1. The zero-order valence-electron chi connectivity index (χ0n) is 17.6. The number of carbonyl (C=O) groups excluding carboxylic acids is 1. The van der Waals surface area contributed by atoms with Gasteiger partial charge in [-0.1, -0.05) is 6.07 Å². The molecule has 0 saturated carbocycles. The van der Waals surface area contributed by atoms with Crippen LogP contribution in [0.5, 0.6) is 0 Å². The summed E-state index contributed by atoms with van der Waals surface area (Å²) < 4.78 is 5.47. The molecule has 32 heavy (non-hydrogen) atoms. The van der Waals surface area contributed by atoms with Crippen LogP contribution in [0.3, 0.4) is 0 Å². The van der Waals surface area contributed by atoms with Gasteiger partial charge < -0.3 is 14.8 Å². The quantitative estimate of drug-likeness (QED) is 0.439. The number of thiophene rings is 1. The zero-order valence-corrected chi connectivity index (χ0v) is 18.4. The Balaban J connectivity index is 1.61. The first kappa shape index (κ1) is 20.4. The molecule has 2 atom stereocenters. The minimum absolute atomic E-state index is 0.0532. The van der Waals surface area contributed by atoms with Gasteiger partial charge in [-0.15, -0.1) is 11.3 Å². The minimum atomic E-state index is -0.824. The van der Waals surface area contributed by atoms with Gasteiger partial charge in [-0.05, 0) is 54.4 Å². The lowest BCUT2D eigenvalue weighted by Crippen LogP contribution is -2.62. The van der Waals surface area contributed by atoms with E-state index in [4.69, 9.17) is 9.83 Å². The predicted octanol–water partition coefficient (Wildman–Crippen LogP) is 4.04. The summed E-state index contributed by atoms with van der Waals surface area (Å²) in [5.41, 5.74) is 3.25. The van der Waals surface area contributed by atoms with Crippen molar-refractivity contribution in [3.8, 4) is 11.3 Å². The number of rotatable bonds is 4. The van der Waals surface area contributed by atoms with Crippen molar-refractivity contribution in [3.05, 3.63) is 76.3 Å².